The Kier molecular flexibility index (Phi) is 2.90. The molecule has 84 valence electrons. The number of rotatable bonds is 2. The number of piperidine rings is 1. The predicted molar refractivity (Wildman–Crippen MR) is 58.0 cm³/mol. The number of hydrogen-bond acceptors (Lipinski definition) is 3. The Morgan fingerprint density at radius 3 is 3.00 bits per heavy atom. The van der Waals surface area contributed by atoms with Crippen LogP contribution in [0.2, 0.25) is 0 Å². The molecule has 5 heteroatoms. The maximum Gasteiger partial charge on any atom is 0.345 e. The van der Waals surface area contributed by atoms with Crippen molar-refractivity contribution in [2.45, 2.75) is 32.2 Å². The molecule has 1 saturated heterocycles. The normalized spacial score (nSPS) is 21.9. The van der Waals surface area contributed by atoms with Gasteiger partial charge in [0.1, 0.15) is 5.82 Å². The lowest BCUT2D eigenvalue weighted by atomic mass is 9.99. The van der Waals surface area contributed by atoms with Gasteiger partial charge >= 0.3 is 5.69 Å². The van der Waals surface area contributed by atoms with Crippen LogP contribution in [0.25, 0.3) is 0 Å². The zero-order valence-electron chi connectivity index (χ0n) is 9.36. The van der Waals surface area contributed by atoms with Crippen LogP contribution in [0.1, 0.15) is 31.5 Å². The van der Waals surface area contributed by atoms with Crippen LogP contribution in [0, 0.1) is 0 Å². The Bertz CT molecular complexity index is 387. The van der Waals surface area contributed by atoms with Gasteiger partial charge in [0.15, 0.2) is 0 Å². The van der Waals surface area contributed by atoms with Crippen LogP contribution in [0.3, 0.4) is 0 Å². The van der Waals surface area contributed by atoms with Gasteiger partial charge in [-0.3, -0.25) is 4.57 Å². The van der Waals surface area contributed by atoms with E-state index in [2.05, 4.69) is 10.4 Å². The summed E-state index contributed by atoms with van der Waals surface area (Å²) in [5.74, 6) is 1.34. The Hall–Kier alpha value is -1.10. The van der Waals surface area contributed by atoms with Gasteiger partial charge in [0.2, 0.25) is 0 Å². The Morgan fingerprint density at radius 1 is 1.60 bits per heavy atom. The van der Waals surface area contributed by atoms with Gasteiger partial charge in [-0.1, -0.05) is 0 Å². The van der Waals surface area contributed by atoms with E-state index in [1.807, 2.05) is 6.92 Å². The summed E-state index contributed by atoms with van der Waals surface area (Å²) in [7, 11) is 1.72. The second-order valence-electron chi connectivity index (χ2n) is 4.05. The van der Waals surface area contributed by atoms with Gasteiger partial charge in [0.25, 0.3) is 0 Å². The second-order valence-corrected chi connectivity index (χ2v) is 4.05. The summed E-state index contributed by atoms with van der Waals surface area (Å²) in [6.45, 7) is 4.72. The summed E-state index contributed by atoms with van der Waals surface area (Å²) < 4.78 is 3.21. The minimum Gasteiger partial charge on any atom is -0.316 e. The van der Waals surface area contributed by atoms with E-state index >= 15 is 0 Å². The van der Waals surface area contributed by atoms with Crippen LogP contribution in [-0.4, -0.2) is 27.4 Å². The summed E-state index contributed by atoms with van der Waals surface area (Å²) in [5, 5.41) is 7.68. The molecule has 0 unspecified atom stereocenters. The van der Waals surface area contributed by atoms with E-state index in [9.17, 15) is 4.79 Å². The van der Waals surface area contributed by atoms with E-state index in [1.54, 1.807) is 11.6 Å². The van der Waals surface area contributed by atoms with Crippen LogP contribution in [0.15, 0.2) is 4.79 Å². The van der Waals surface area contributed by atoms with E-state index in [-0.39, 0.29) is 5.69 Å². The summed E-state index contributed by atoms with van der Waals surface area (Å²) in [6, 6.07) is 0. The molecule has 1 aromatic rings. The maximum absolute atomic E-state index is 11.7. The summed E-state index contributed by atoms with van der Waals surface area (Å²) in [6.07, 6.45) is 2.29. The monoisotopic (exact) mass is 210 g/mol. The molecule has 5 nitrogen and oxygen atoms in total. The van der Waals surface area contributed by atoms with Gasteiger partial charge in [-0.25, -0.2) is 9.48 Å². The van der Waals surface area contributed by atoms with Crippen molar-refractivity contribution in [1.29, 1.82) is 0 Å². The third-order valence-corrected chi connectivity index (χ3v) is 3.01. The number of nitrogens with zero attached hydrogens (tertiary/aromatic N) is 3. The average Bonchev–Trinajstić information content (AvgIpc) is 2.56. The fraction of sp³-hybridized carbons (Fsp3) is 0.800. The second kappa shape index (κ2) is 4.18. The van der Waals surface area contributed by atoms with Crippen molar-refractivity contribution in [3.8, 4) is 0 Å². The molecule has 0 amide bonds. The van der Waals surface area contributed by atoms with Crippen LogP contribution in [-0.2, 0) is 13.6 Å². The zero-order valence-corrected chi connectivity index (χ0v) is 9.36. The van der Waals surface area contributed by atoms with Crippen molar-refractivity contribution in [3.63, 3.8) is 0 Å². The summed E-state index contributed by atoms with van der Waals surface area (Å²) in [4.78, 5) is 11.7. The molecular weight excluding hydrogens is 192 g/mol. The first-order valence-electron chi connectivity index (χ1n) is 5.58. The topological polar surface area (TPSA) is 51.9 Å². The van der Waals surface area contributed by atoms with Crippen molar-refractivity contribution in [3.05, 3.63) is 16.3 Å². The van der Waals surface area contributed by atoms with Crippen LogP contribution in [0.4, 0.5) is 0 Å². The molecule has 0 radical (unpaired) electrons. The highest BCUT2D eigenvalue weighted by Crippen LogP contribution is 2.20. The van der Waals surface area contributed by atoms with Crippen molar-refractivity contribution >= 4 is 0 Å². The molecule has 0 aliphatic carbocycles. The number of aryl methyl sites for hydroxylation is 1. The molecule has 1 aliphatic heterocycles. The molecule has 1 aromatic heterocycles. The van der Waals surface area contributed by atoms with Crippen molar-refractivity contribution in [1.82, 2.24) is 19.7 Å². The maximum atomic E-state index is 11.7. The van der Waals surface area contributed by atoms with Crippen molar-refractivity contribution < 1.29 is 0 Å². The minimum atomic E-state index is -0.00178. The summed E-state index contributed by atoms with van der Waals surface area (Å²) in [5.41, 5.74) is -0.00178. The van der Waals surface area contributed by atoms with Gasteiger partial charge in [-0.15, -0.1) is 0 Å². The van der Waals surface area contributed by atoms with E-state index in [4.69, 9.17) is 0 Å². The Balaban J connectivity index is 2.33. The van der Waals surface area contributed by atoms with Gasteiger partial charge in [0.05, 0.1) is 0 Å². The molecule has 0 saturated carbocycles. The Labute approximate surface area is 89.1 Å². The molecule has 0 bridgehead atoms. The fourth-order valence-corrected chi connectivity index (χ4v) is 2.19. The molecule has 15 heavy (non-hydrogen) atoms. The van der Waals surface area contributed by atoms with E-state index < -0.39 is 0 Å². The third kappa shape index (κ3) is 1.84. The first kappa shape index (κ1) is 10.4. The number of hydrogen-bond donors (Lipinski definition) is 1. The molecule has 1 aliphatic rings. The van der Waals surface area contributed by atoms with Gasteiger partial charge in [-0.05, 0) is 26.3 Å². The fourth-order valence-electron chi connectivity index (χ4n) is 2.19. The number of nitrogens with one attached hydrogen (secondary N) is 1. The van der Waals surface area contributed by atoms with Crippen molar-refractivity contribution in [2.75, 3.05) is 13.1 Å². The van der Waals surface area contributed by atoms with Crippen LogP contribution in [0.5, 0.6) is 0 Å². The third-order valence-electron chi connectivity index (χ3n) is 3.01. The van der Waals surface area contributed by atoms with Gasteiger partial charge in [-0.2, -0.15) is 5.10 Å². The number of aromatic nitrogens is 3. The quantitative estimate of drug-likeness (QED) is 0.751. The SMILES string of the molecule is CCn1c([C@@H]2CCCNC2)nn(C)c1=O. The molecule has 0 spiro atoms. The van der Waals surface area contributed by atoms with E-state index in [0.29, 0.717) is 12.5 Å². The highest BCUT2D eigenvalue weighted by Gasteiger charge is 2.22. The van der Waals surface area contributed by atoms with Gasteiger partial charge in [0, 0.05) is 26.1 Å². The standard InChI is InChI=1S/C10H18N4O/c1-3-14-9(12-13(2)10(14)15)8-5-4-6-11-7-8/h8,11H,3-7H2,1-2H3/t8-/m1/s1. The summed E-state index contributed by atoms with van der Waals surface area (Å²) >= 11 is 0. The van der Waals surface area contributed by atoms with Gasteiger partial charge < -0.3 is 5.32 Å². The lowest BCUT2D eigenvalue weighted by Gasteiger charge is -2.21. The highest BCUT2D eigenvalue weighted by molar-refractivity contribution is 5.00. The first-order valence-corrected chi connectivity index (χ1v) is 5.58. The van der Waals surface area contributed by atoms with Crippen LogP contribution < -0.4 is 11.0 Å². The lowest BCUT2D eigenvalue weighted by molar-refractivity contribution is 0.431. The molecule has 1 fully saturated rings. The molecule has 0 aromatic carbocycles. The molecule has 1 N–H and O–H groups in total. The predicted octanol–water partition coefficient (Wildman–Crippen LogP) is 0.0687. The lowest BCUT2D eigenvalue weighted by Crippen LogP contribution is -2.31. The molecular formula is C10H18N4O. The Morgan fingerprint density at radius 2 is 2.40 bits per heavy atom. The smallest absolute Gasteiger partial charge is 0.316 e. The molecule has 2 heterocycles. The van der Waals surface area contributed by atoms with E-state index in [1.165, 1.54) is 11.1 Å². The minimum absolute atomic E-state index is 0.00178. The average molecular weight is 210 g/mol. The van der Waals surface area contributed by atoms with Crippen LogP contribution >= 0.6 is 0 Å². The molecule has 1 atom stereocenters. The largest absolute Gasteiger partial charge is 0.345 e. The highest BCUT2D eigenvalue weighted by atomic mass is 16.2. The first-order chi connectivity index (χ1) is 7.24. The molecule has 2 rings (SSSR count). The van der Waals surface area contributed by atoms with E-state index in [0.717, 1.165) is 25.3 Å². The van der Waals surface area contributed by atoms with Crippen molar-refractivity contribution in [2.24, 2.45) is 7.05 Å². The zero-order chi connectivity index (χ0) is 10.8.